The molecular formula is C12H17ClO8. The molecule has 0 spiro atoms. The van der Waals surface area contributed by atoms with Gasteiger partial charge in [-0.05, 0) is 0 Å². The number of ether oxygens (including phenoxy) is 4. The number of rotatable bonds is 4. The molecule has 0 aromatic heterocycles. The highest BCUT2D eigenvalue weighted by Crippen LogP contribution is 2.30. The third-order valence-corrected chi connectivity index (χ3v) is 3.01. The van der Waals surface area contributed by atoms with Crippen molar-refractivity contribution in [3.05, 3.63) is 0 Å². The summed E-state index contributed by atoms with van der Waals surface area (Å²) in [6.45, 7) is 2.91. The molecule has 21 heavy (non-hydrogen) atoms. The topological polar surface area (TPSA) is 108 Å². The van der Waals surface area contributed by atoms with E-state index in [0.29, 0.717) is 0 Å². The summed E-state index contributed by atoms with van der Waals surface area (Å²) in [5.74, 6) is -2.03. The first-order valence-corrected chi connectivity index (χ1v) is 6.62. The van der Waals surface area contributed by atoms with Crippen LogP contribution in [0.5, 0.6) is 0 Å². The van der Waals surface area contributed by atoms with Crippen molar-refractivity contribution in [3.8, 4) is 0 Å². The van der Waals surface area contributed by atoms with Crippen LogP contribution in [0.15, 0.2) is 0 Å². The largest absolute Gasteiger partial charge is 0.456 e. The Morgan fingerprint density at radius 3 is 1.81 bits per heavy atom. The van der Waals surface area contributed by atoms with Crippen LogP contribution in [0.1, 0.15) is 20.8 Å². The Bertz CT molecular complexity index is 412. The normalized spacial score (nSPS) is 32.1. The Morgan fingerprint density at radius 2 is 1.38 bits per heavy atom. The van der Waals surface area contributed by atoms with Crippen LogP contribution in [0.25, 0.3) is 0 Å². The fourth-order valence-corrected chi connectivity index (χ4v) is 2.32. The fraction of sp³-hybridized carbons (Fsp3) is 0.750. The number of hydrogen-bond acceptors (Lipinski definition) is 8. The second kappa shape index (κ2) is 7.58. The molecule has 0 aromatic rings. The lowest BCUT2D eigenvalue weighted by Crippen LogP contribution is -2.60. The van der Waals surface area contributed by atoms with Gasteiger partial charge in [-0.25, -0.2) is 0 Å². The number of aliphatic hydroxyl groups is 1. The van der Waals surface area contributed by atoms with E-state index in [1.807, 2.05) is 0 Å². The third-order valence-electron chi connectivity index (χ3n) is 2.66. The molecule has 0 aliphatic carbocycles. The summed E-state index contributed by atoms with van der Waals surface area (Å²) >= 11 is 5.94. The highest BCUT2D eigenvalue weighted by Gasteiger charge is 2.50. The first kappa shape index (κ1) is 17.7. The zero-order valence-corrected chi connectivity index (χ0v) is 12.5. The number of hydrogen-bond donors (Lipinski definition) is 1. The van der Waals surface area contributed by atoms with Crippen molar-refractivity contribution in [2.24, 2.45) is 0 Å². The van der Waals surface area contributed by atoms with Crippen molar-refractivity contribution in [1.82, 2.24) is 0 Å². The molecule has 1 fully saturated rings. The summed E-state index contributed by atoms with van der Waals surface area (Å²) in [5, 5.41) is 9.29. The minimum absolute atomic E-state index is 0.522. The molecule has 8 nitrogen and oxygen atoms in total. The summed E-state index contributed by atoms with van der Waals surface area (Å²) in [6.07, 6.45) is -4.49. The van der Waals surface area contributed by atoms with E-state index < -0.39 is 54.5 Å². The number of carbonyl (C=O) groups excluding carboxylic acids is 3. The zero-order chi connectivity index (χ0) is 16.2. The van der Waals surface area contributed by atoms with Gasteiger partial charge in [0.25, 0.3) is 0 Å². The van der Waals surface area contributed by atoms with Crippen LogP contribution in [-0.4, -0.2) is 59.6 Å². The van der Waals surface area contributed by atoms with E-state index in [0.717, 1.165) is 20.8 Å². The number of carbonyl (C=O) groups is 3. The average Bonchev–Trinajstić information content (AvgIpc) is 2.35. The molecule has 5 atom stereocenters. The van der Waals surface area contributed by atoms with Gasteiger partial charge in [-0.15, -0.1) is 0 Å². The lowest BCUT2D eigenvalue weighted by Gasteiger charge is -2.42. The Hall–Kier alpha value is -1.38. The monoisotopic (exact) mass is 324 g/mol. The van der Waals surface area contributed by atoms with Crippen LogP contribution in [0.2, 0.25) is 0 Å². The van der Waals surface area contributed by atoms with Crippen molar-refractivity contribution in [3.63, 3.8) is 0 Å². The maximum absolute atomic E-state index is 11.2. The van der Waals surface area contributed by atoms with E-state index in [1.54, 1.807) is 0 Å². The van der Waals surface area contributed by atoms with Gasteiger partial charge in [0.15, 0.2) is 23.9 Å². The second-order valence-electron chi connectivity index (χ2n) is 4.43. The highest BCUT2D eigenvalue weighted by atomic mass is 35.5. The molecule has 0 saturated carbocycles. The molecule has 0 radical (unpaired) electrons. The highest BCUT2D eigenvalue weighted by molar-refractivity contribution is 6.20. The summed E-state index contributed by atoms with van der Waals surface area (Å²) in [7, 11) is 0. The molecular weight excluding hydrogens is 308 g/mol. The summed E-state index contributed by atoms with van der Waals surface area (Å²) in [5.41, 5.74) is -1.16. The van der Waals surface area contributed by atoms with E-state index >= 15 is 0 Å². The number of alkyl halides is 1. The quantitative estimate of drug-likeness (QED) is 0.428. The van der Waals surface area contributed by atoms with Gasteiger partial charge in [0.1, 0.15) is 6.10 Å². The van der Waals surface area contributed by atoms with Crippen LogP contribution in [0.3, 0.4) is 0 Å². The lowest BCUT2D eigenvalue weighted by molar-refractivity contribution is -0.237. The van der Waals surface area contributed by atoms with Gasteiger partial charge < -0.3 is 24.1 Å². The maximum Gasteiger partial charge on any atom is 0.303 e. The zero-order valence-electron chi connectivity index (χ0n) is 11.8. The van der Waals surface area contributed by atoms with Gasteiger partial charge in [-0.2, -0.15) is 0 Å². The minimum atomic E-state index is -1.18. The summed E-state index contributed by atoms with van der Waals surface area (Å²) < 4.78 is 20.3. The second-order valence-corrected chi connectivity index (χ2v) is 4.86. The molecule has 0 bridgehead atoms. The number of aliphatic hydroxyl groups excluding tert-OH is 1. The Balaban J connectivity index is 3.08. The summed E-state index contributed by atoms with van der Waals surface area (Å²) in [6, 6.07) is 0. The molecule has 0 amide bonds. The lowest BCUT2D eigenvalue weighted by atomic mass is 9.99. The molecule has 1 heterocycles. The molecule has 0 unspecified atom stereocenters. The molecule has 1 aliphatic heterocycles. The van der Waals surface area contributed by atoms with E-state index in [2.05, 4.69) is 0 Å². The van der Waals surface area contributed by atoms with Gasteiger partial charge in [-0.1, -0.05) is 11.6 Å². The van der Waals surface area contributed by atoms with E-state index in [4.69, 9.17) is 30.5 Å². The molecule has 1 rings (SSSR count). The predicted molar refractivity (Wildman–Crippen MR) is 68.3 cm³/mol. The van der Waals surface area contributed by atoms with Crippen molar-refractivity contribution in [1.29, 1.82) is 0 Å². The van der Waals surface area contributed by atoms with Gasteiger partial charge in [-0.3, -0.25) is 14.4 Å². The molecule has 1 N–H and O–H groups in total. The summed E-state index contributed by atoms with van der Waals surface area (Å²) in [4.78, 5) is 33.5. The molecule has 1 saturated heterocycles. The first-order valence-electron chi connectivity index (χ1n) is 6.18. The van der Waals surface area contributed by atoms with E-state index in [1.165, 1.54) is 0 Å². The van der Waals surface area contributed by atoms with Gasteiger partial charge in [0.2, 0.25) is 0 Å². The smallest absolute Gasteiger partial charge is 0.303 e. The molecule has 9 heteroatoms. The molecule has 120 valence electrons. The first-order chi connectivity index (χ1) is 9.76. The van der Waals surface area contributed by atoms with E-state index in [9.17, 15) is 19.5 Å². The predicted octanol–water partition coefficient (Wildman–Crippen LogP) is -0.263. The van der Waals surface area contributed by atoms with Crippen LogP contribution in [0, 0.1) is 0 Å². The van der Waals surface area contributed by atoms with Crippen LogP contribution in [-0.2, 0) is 33.3 Å². The van der Waals surface area contributed by atoms with Crippen LogP contribution in [0.4, 0.5) is 0 Å². The van der Waals surface area contributed by atoms with Crippen molar-refractivity contribution >= 4 is 29.5 Å². The standard InChI is InChI=1S/C12H17ClO8/c1-5(15)18-9-8(4-14)21-12(13)11(20-7(3)17)10(9)19-6(2)16/h8-12,14H,4H2,1-3H3/t8-,9-,10+,11+,12+/m1/s1. The van der Waals surface area contributed by atoms with Crippen LogP contribution < -0.4 is 0 Å². The van der Waals surface area contributed by atoms with Gasteiger partial charge >= 0.3 is 17.9 Å². The third kappa shape index (κ3) is 4.83. The SMILES string of the molecule is CC(=O)O[C@@H]1[C@H](OC(C)=O)[C@@H](Cl)O[C@H](CO)[C@H]1OC(C)=O. The van der Waals surface area contributed by atoms with Crippen molar-refractivity contribution in [2.45, 2.75) is 50.8 Å². The maximum atomic E-state index is 11.2. The molecule has 0 aromatic carbocycles. The van der Waals surface area contributed by atoms with Crippen LogP contribution >= 0.6 is 11.6 Å². The fourth-order valence-electron chi connectivity index (χ4n) is 1.99. The van der Waals surface area contributed by atoms with Gasteiger partial charge in [0, 0.05) is 20.8 Å². The number of esters is 3. The molecule has 1 aliphatic rings. The Morgan fingerprint density at radius 1 is 0.952 bits per heavy atom. The van der Waals surface area contributed by atoms with Crippen molar-refractivity contribution in [2.75, 3.05) is 6.61 Å². The van der Waals surface area contributed by atoms with Gasteiger partial charge in [0.05, 0.1) is 6.61 Å². The number of halogens is 1. The Labute approximate surface area is 126 Å². The van der Waals surface area contributed by atoms with Crippen molar-refractivity contribution < 1.29 is 38.4 Å². The average molecular weight is 325 g/mol. The minimum Gasteiger partial charge on any atom is -0.456 e. The van der Waals surface area contributed by atoms with E-state index in [-0.39, 0.29) is 0 Å². The Kier molecular flexibility index (Phi) is 6.38.